The van der Waals surface area contributed by atoms with E-state index in [1.807, 2.05) is 85.6 Å². The normalized spacial score (nSPS) is 14.5. The zero-order valence-corrected chi connectivity index (χ0v) is 19.4. The predicted octanol–water partition coefficient (Wildman–Crippen LogP) is 4.04. The zero-order chi connectivity index (χ0) is 23.7. The molecule has 2 amide bonds. The van der Waals surface area contributed by atoms with Crippen LogP contribution in [-0.4, -0.2) is 44.6 Å². The van der Waals surface area contributed by atoms with Crippen molar-refractivity contribution in [2.75, 3.05) is 13.1 Å². The first-order valence-electron chi connectivity index (χ1n) is 11.5. The van der Waals surface area contributed by atoms with Crippen LogP contribution >= 0.6 is 0 Å². The third kappa shape index (κ3) is 4.17. The number of nitrogens with zero attached hydrogens (tertiary/aromatic N) is 4. The molecule has 2 aromatic heterocycles. The summed E-state index contributed by atoms with van der Waals surface area (Å²) < 4.78 is 1.71. The maximum Gasteiger partial charge on any atom is 0.252 e. The first-order chi connectivity index (χ1) is 16.5. The second kappa shape index (κ2) is 9.09. The van der Waals surface area contributed by atoms with Gasteiger partial charge in [0.2, 0.25) is 5.91 Å². The summed E-state index contributed by atoms with van der Waals surface area (Å²) in [5.41, 5.74) is 4.55. The summed E-state index contributed by atoms with van der Waals surface area (Å²) in [5.74, 6) is -0.0721. The van der Waals surface area contributed by atoms with Crippen molar-refractivity contribution < 1.29 is 9.59 Å². The molecule has 1 aliphatic rings. The Morgan fingerprint density at radius 1 is 1.09 bits per heavy atom. The molecule has 34 heavy (non-hydrogen) atoms. The molecule has 2 aromatic carbocycles. The topological polar surface area (TPSA) is 80.1 Å². The molecule has 4 aromatic rings. The third-order valence-corrected chi connectivity index (χ3v) is 6.36. The highest BCUT2D eigenvalue weighted by atomic mass is 16.2. The standard InChI is InChI=1S/C27H27N5O2/c1-18-25-21(16-22(19-10-5-3-6-11-19)28-26(25)31(2)30-18)27(34)29-23(20-12-7-4-8-13-20)17-32-15-9-14-24(32)33/h3-8,10-13,16,23H,9,14-15,17H2,1-2H3,(H,29,34). The Morgan fingerprint density at radius 2 is 1.79 bits per heavy atom. The Bertz CT molecular complexity index is 1350. The average Bonchev–Trinajstić information content (AvgIpc) is 3.40. The highest BCUT2D eigenvalue weighted by molar-refractivity contribution is 6.07. The number of pyridine rings is 1. The van der Waals surface area contributed by atoms with Gasteiger partial charge in [-0.15, -0.1) is 0 Å². The quantitative estimate of drug-likeness (QED) is 0.478. The van der Waals surface area contributed by atoms with Crippen LogP contribution in [0.4, 0.5) is 0 Å². The number of fused-ring (bicyclic) bond motifs is 1. The third-order valence-electron chi connectivity index (χ3n) is 6.36. The Balaban J connectivity index is 1.55. The van der Waals surface area contributed by atoms with Crippen LogP contribution in [0.15, 0.2) is 66.7 Å². The first kappa shape index (κ1) is 21.8. The monoisotopic (exact) mass is 453 g/mol. The summed E-state index contributed by atoms with van der Waals surface area (Å²) in [4.78, 5) is 32.7. The van der Waals surface area contributed by atoms with Gasteiger partial charge in [-0.3, -0.25) is 14.3 Å². The van der Waals surface area contributed by atoms with Gasteiger partial charge in [0.1, 0.15) is 0 Å². The minimum Gasteiger partial charge on any atom is -0.343 e. The van der Waals surface area contributed by atoms with Crippen molar-refractivity contribution >= 4 is 22.8 Å². The fraction of sp³-hybridized carbons (Fsp3) is 0.259. The van der Waals surface area contributed by atoms with Crippen LogP contribution in [0.2, 0.25) is 0 Å². The van der Waals surface area contributed by atoms with Gasteiger partial charge in [-0.05, 0) is 25.0 Å². The Kier molecular flexibility index (Phi) is 5.84. The van der Waals surface area contributed by atoms with E-state index in [1.54, 1.807) is 4.68 Å². The molecule has 1 N–H and O–H groups in total. The second-order valence-corrected chi connectivity index (χ2v) is 8.71. The summed E-state index contributed by atoms with van der Waals surface area (Å²) in [6, 6.07) is 21.1. The van der Waals surface area contributed by atoms with E-state index >= 15 is 0 Å². The van der Waals surface area contributed by atoms with E-state index < -0.39 is 0 Å². The summed E-state index contributed by atoms with van der Waals surface area (Å²) in [7, 11) is 1.84. The van der Waals surface area contributed by atoms with E-state index in [0.717, 1.165) is 35.2 Å². The Labute approximate surface area is 198 Å². The number of aromatic nitrogens is 3. The highest BCUT2D eigenvalue weighted by Crippen LogP contribution is 2.28. The van der Waals surface area contributed by atoms with E-state index in [-0.39, 0.29) is 17.9 Å². The molecule has 1 unspecified atom stereocenters. The van der Waals surface area contributed by atoms with Crippen LogP contribution in [0, 0.1) is 6.92 Å². The smallest absolute Gasteiger partial charge is 0.252 e. The summed E-state index contributed by atoms with van der Waals surface area (Å²) in [5, 5.41) is 8.47. The number of carbonyl (C=O) groups excluding carboxylic acids is 2. The first-order valence-corrected chi connectivity index (χ1v) is 11.5. The Morgan fingerprint density at radius 3 is 2.47 bits per heavy atom. The number of aryl methyl sites for hydroxylation is 2. The largest absolute Gasteiger partial charge is 0.343 e. The minimum absolute atomic E-state index is 0.135. The summed E-state index contributed by atoms with van der Waals surface area (Å²) >= 11 is 0. The van der Waals surface area contributed by atoms with Gasteiger partial charge in [0, 0.05) is 32.1 Å². The van der Waals surface area contributed by atoms with Gasteiger partial charge in [-0.1, -0.05) is 60.7 Å². The number of carbonyl (C=O) groups is 2. The molecule has 7 heteroatoms. The fourth-order valence-electron chi connectivity index (χ4n) is 4.65. The molecule has 172 valence electrons. The number of rotatable bonds is 6. The van der Waals surface area contributed by atoms with E-state index in [9.17, 15) is 9.59 Å². The van der Waals surface area contributed by atoms with Crippen LogP contribution < -0.4 is 5.32 Å². The van der Waals surface area contributed by atoms with Crippen molar-refractivity contribution in [3.8, 4) is 11.3 Å². The SMILES string of the molecule is Cc1nn(C)c2nc(-c3ccccc3)cc(C(=O)NC(CN3CCCC3=O)c3ccccc3)c12. The maximum absolute atomic E-state index is 13.8. The van der Waals surface area contributed by atoms with Crippen LogP contribution in [0.25, 0.3) is 22.3 Å². The molecular weight excluding hydrogens is 426 g/mol. The molecule has 1 aliphatic heterocycles. The zero-order valence-electron chi connectivity index (χ0n) is 19.4. The van der Waals surface area contributed by atoms with Crippen molar-refractivity contribution in [3.63, 3.8) is 0 Å². The lowest BCUT2D eigenvalue weighted by atomic mass is 10.0. The van der Waals surface area contributed by atoms with E-state index in [0.29, 0.717) is 29.9 Å². The van der Waals surface area contributed by atoms with Crippen LogP contribution in [-0.2, 0) is 11.8 Å². The lowest BCUT2D eigenvalue weighted by molar-refractivity contribution is -0.128. The number of hydrogen-bond donors (Lipinski definition) is 1. The number of hydrogen-bond acceptors (Lipinski definition) is 4. The molecule has 3 heterocycles. The second-order valence-electron chi connectivity index (χ2n) is 8.71. The molecule has 1 atom stereocenters. The lowest BCUT2D eigenvalue weighted by Gasteiger charge is -2.25. The average molecular weight is 454 g/mol. The van der Waals surface area contributed by atoms with Crippen molar-refractivity contribution in [3.05, 3.63) is 83.6 Å². The molecule has 5 rings (SSSR count). The van der Waals surface area contributed by atoms with Gasteiger partial charge >= 0.3 is 0 Å². The highest BCUT2D eigenvalue weighted by Gasteiger charge is 2.27. The minimum atomic E-state index is -0.323. The number of amides is 2. The number of likely N-dealkylation sites (tertiary alicyclic amines) is 1. The molecule has 0 bridgehead atoms. The maximum atomic E-state index is 13.8. The molecule has 0 radical (unpaired) electrons. The van der Waals surface area contributed by atoms with Crippen LogP contribution in [0.3, 0.4) is 0 Å². The van der Waals surface area contributed by atoms with Crippen LogP contribution in [0.5, 0.6) is 0 Å². The fourth-order valence-corrected chi connectivity index (χ4v) is 4.65. The Hall–Kier alpha value is -4.00. The van der Waals surface area contributed by atoms with Gasteiger partial charge in [0.25, 0.3) is 5.91 Å². The molecule has 0 aliphatic carbocycles. The summed E-state index contributed by atoms with van der Waals surface area (Å²) in [6.07, 6.45) is 1.42. The van der Waals surface area contributed by atoms with Gasteiger partial charge in [-0.2, -0.15) is 5.10 Å². The molecule has 1 saturated heterocycles. The predicted molar refractivity (Wildman–Crippen MR) is 131 cm³/mol. The van der Waals surface area contributed by atoms with Crippen molar-refractivity contribution in [1.82, 2.24) is 25.0 Å². The van der Waals surface area contributed by atoms with E-state index in [2.05, 4.69) is 10.4 Å². The molecular formula is C27H27N5O2. The summed E-state index contributed by atoms with van der Waals surface area (Å²) in [6.45, 7) is 3.05. The molecule has 0 spiro atoms. The number of nitrogens with one attached hydrogen (secondary N) is 1. The van der Waals surface area contributed by atoms with Crippen molar-refractivity contribution in [2.45, 2.75) is 25.8 Å². The molecule has 0 saturated carbocycles. The van der Waals surface area contributed by atoms with E-state index in [4.69, 9.17) is 4.98 Å². The van der Waals surface area contributed by atoms with Gasteiger partial charge in [0.05, 0.1) is 28.4 Å². The van der Waals surface area contributed by atoms with Gasteiger partial charge < -0.3 is 10.2 Å². The lowest BCUT2D eigenvalue weighted by Crippen LogP contribution is -2.38. The van der Waals surface area contributed by atoms with Crippen molar-refractivity contribution in [2.24, 2.45) is 7.05 Å². The molecule has 1 fully saturated rings. The van der Waals surface area contributed by atoms with Crippen LogP contribution in [0.1, 0.15) is 40.5 Å². The molecule has 7 nitrogen and oxygen atoms in total. The van der Waals surface area contributed by atoms with Gasteiger partial charge in [-0.25, -0.2) is 4.98 Å². The van der Waals surface area contributed by atoms with Gasteiger partial charge in [0.15, 0.2) is 5.65 Å². The van der Waals surface area contributed by atoms with Crippen molar-refractivity contribution in [1.29, 1.82) is 0 Å². The van der Waals surface area contributed by atoms with E-state index in [1.165, 1.54) is 0 Å². The number of benzene rings is 2.